The molecule has 1 aromatic heterocycles. The molecule has 1 atom stereocenters. The van der Waals surface area contributed by atoms with E-state index in [0.717, 1.165) is 5.39 Å². The summed E-state index contributed by atoms with van der Waals surface area (Å²) < 4.78 is 5.41. The van der Waals surface area contributed by atoms with Crippen LogP contribution in [0.3, 0.4) is 0 Å². The minimum atomic E-state index is -0.870. The Balaban J connectivity index is 1.98. The van der Waals surface area contributed by atoms with Crippen molar-refractivity contribution >= 4 is 22.8 Å². The number of aliphatic carboxylic acids is 1. The van der Waals surface area contributed by atoms with Gasteiger partial charge >= 0.3 is 5.97 Å². The molecule has 0 aliphatic rings. The first-order valence-electron chi connectivity index (χ1n) is 6.05. The van der Waals surface area contributed by atoms with Gasteiger partial charge in [-0.15, -0.1) is 0 Å². The highest BCUT2D eigenvalue weighted by molar-refractivity contribution is 5.96. The van der Waals surface area contributed by atoms with E-state index in [0.29, 0.717) is 12.1 Å². The predicted molar refractivity (Wildman–Crippen MR) is 70.0 cm³/mol. The highest BCUT2D eigenvalue weighted by Crippen LogP contribution is 2.18. The monoisotopic (exact) mass is 261 g/mol. The van der Waals surface area contributed by atoms with Gasteiger partial charge in [0.05, 0.1) is 0 Å². The van der Waals surface area contributed by atoms with Gasteiger partial charge in [-0.3, -0.25) is 9.59 Å². The van der Waals surface area contributed by atoms with Crippen LogP contribution in [0, 0.1) is 5.92 Å². The van der Waals surface area contributed by atoms with Gasteiger partial charge in [-0.2, -0.15) is 0 Å². The lowest BCUT2D eigenvalue weighted by Gasteiger charge is -2.08. The highest BCUT2D eigenvalue weighted by Gasteiger charge is 2.14. The van der Waals surface area contributed by atoms with Gasteiger partial charge in [-0.1, -0.05) is 25.1 Å². The van der Waals surface area contributed by atoms with Crippen molar-refractivity contribution in [1.82, 2.24) is 5.32 Å². The Morgan fingerprint density at radius 3 is 2.79 bits per heavy atom. The second-order valence-electron chi connectivity index (χ2n) is 4.56. The van der Waals surface area contributed by atoms with Crippen LogP contribution in [0.1, 0.15) is 23.9 Å². The minimum absolute atomic E-state index is 0.0282. The largest absolute Gasteiger partial charge is 0.481 e. The molecule has 1 amide bonds. The van der Waals surface area contributed by atoms with Crippen LogP contribution in [0.15, 0.2) is 34.7 Å². The molecule has 0 fully saturated rings. The number of hydrogen-bond acceptors (Lipinski definition) is 3. The van der Waals surface area contributed by atoms with Gasteiger partial charge in [-0.05, 0) is 18.1 Å². The molecular formula is C14H15NO4. The van der Waals surface area contributed by atoms with Crippen molar-refractivity contribution in [1.29, 1.82) is 0 Å². The van der Waals surface area contributed by atoms with Crippen LogP contribution in [-0.2, 0) is 4.79 Å². The summed E-state index contributed by atoms with van der Waals surface area (Å²) in [5.74, 6) is -1.08. The zero-order chi connectivity index (χ0) is 13.8. The summed E-state index contributed by atoms with van der Waals surface area (Å²) in [4.78, 5) is 22.4. The Morgan fingerprint density at radius 1 is 1.37 bits per heavy atom. The third kappa shape index (κ3) is 3.34. The molecule has 0 radical (unpaired) electrons. The number of hydrogen-bond donors (Lipinski definition) is 2. The summed E-state index contributed by atoms with van der Waals surface area (Å²) in [6.45, 7) is 2.08. The molecule has 1 unspecified atom stereocenters. The van der Waals surface area contributed by atoms with E-state index in [-0.39, 0.29) is 24.0 Å². The van der Waals surface area contributed by atoms with Gasteiger partial charge < -0.3 is 14.8 Å². The van der Waals surface area contributed by atoms with E-state index in [1.807, 2.05) is 18.2 Å². The molecule has 0 bridgehead atoms. The van der Waals surface area contributed by atoms with Crippen molar-refractivity contribution in [3.05, 3.63) is 36.1 Å². The first-order chi connectivity index (χ1) is 9.06. The summed E-state index contributed by atoms with van der Waals surface area (Å²) in [5, 5.41) is 12.2. The fourth-order valence-electron chi connectivity index (χ4n) is 1.82. The van der Waals surface area contributed by atoms with Crippen LogP contribution >= 0.6 is 0 Å². The van der Waals surface area contributed by atoms with E-state index in [9.17, 15) is 9.59 Å². The van der Waals surface area contributed by atoms with Crippen molar-refractivity contribution in [2.45, 2.75) is 13.3 Å². The highest BCUT2D eigenvalue weighted by atomic mass is 16.4. The molecule has 0 spiro atoms. The summed E-state index contributed by atoms with van der Waals surface area (Å²) in [6, 6.07) is 9.03. The molecule has 5 heteroatoms. The summed E-state index contributed by atoms with van der Waals surface area (Å²) in [5.41, 5.74) is 0.659. The molecule has 2 aromatic rings. The first kappa shape index (κ1) is 13.1. The number of amides is 1. The summed E-state index contributed by atoms with van der Waals surface area (Å²) >= 11 is 0. The Morgan fingerprint density at radius 2 is 2.11 bits per heavy atom. The number of furan rings is 1. The molecule has 19 heavy (non-hydrogen) atoms. The molecular weight excluding hydrogens is 246 g/mol. The van der Waals surface area contributed by atoms with Crippen LogP contribution < -0.4 is 5.32 Å². The van der Waals surface area contributed by atoms with Crippen LogP contribution in [-0.4, -0.2) is 23.5 Å². The Bertz CT molecular complexity index is 569. The van der Waals surface area contributed by atoms with Crippen LogP contribution in [0.2, 0.25) is 0 Å². The molecule has 1 aromatic carbocycles. The number of rotatable bonds is 5. The predicted octanol–water partition coefficient (Wildman–Crippen LogP) is 2.27. The van der Waals surface area contributed by atoms with Gasteiger partial charge in [-0.25, -0.2) is 0 Å². The average molecular weight is 261 g/mol. The molecule has 2 rings (SSSR count). The number of para-hydroxylation sites is 1. The van der Waals surface area contributed by atoms with Crippen LogP contribution in [0.25, 0.3) is 11.0 Å². The van der Waals surface area contributed by atoms with E-state index < -0.39 is 5.97 Å². The van der Waals surface area contributed by atoms with E-state index in [1.54, 1.807) is 19.1 Å². The van der Waals surface area contributed by atoms with Gasteiger partial charge in [0.2, 0.25) is 0 Å². The maximum Gasteiger partial charge on any atom is 0.303 e. The molecule has 1 heterocycles. The second kappa shape index (κ2) is 5.56. The van der Waals surface area contributed by atoms with Crippen LogP contribution in [0.4, 0.5) is 0 Å². The number of carboxylic acids is 1. The quantitative estimate of drug-likeness (QED) is 0.865. The van der Waals surface area contributed by atoms with Crippen molar-refractivity contribution in [2.75, 3.05) is 6.54 Å². The number of fused-ring (bicyclic) bond motifs is 1. The number of carbonyl (C=O) groups excluding carboxylic acids is 1. The molecule has 0 aliphatic carbocycles. The third-order valence-corrected chi connectivity index (χ3v) is 2.78. The molecule has 0 aliphatic heterocycles. The van der Waals surface area contributed by atoms with E-state index in [1.165, 1.54) is 0 Å². The van der Waals surface area contributed by atoms with E-state index in [4.69, 9.17) is 9.52 Å². The lowest BCUT2D eigenvalue weighted by Crippen LogP contribution is -2.28. The average Bonchev–Trinajstić information content (AvgIpc) is 2.78. The second-order valence-corrected chi connectivity index (χ2v) is 4.56. The molecule has 0 saturated carbocycles. The fraction of sp³-hybridized carbons (Fsp3) is 0.286. The first-order valence-corrected chi connectivity index (χ1v) is 6.05. The topological polar surface area (TPSA) is 79.5 Å². The number of carboxylic acid groups (broad SMARTS) is 1. The zero-order valence-corrected chi connectivity index (χ0v) is 10.6. The van der Waals surface area contributed by atoms with Crippen LogP contribution in [0.5, 0.6) is 0 Å². The Kier molecular flexibility index (Phi) is 3.85. The Labute approximate surface area is 110 Å². The lowest BCUT2D eigenvalue weighted by atomic mass is 10.1. The fourth-order valence-corrected chi connectivity index (χ4v) is 1.82. The smallest absolute Gasteiger partial charge is 0.303 e. The van der Waals surface area contributed by atoms with E-state index >= 15 is 0 Å². The minimum Gasteiger partial charge on any atom is -0.481 e. The van der Waals surface area contributed by atoms with Crippen molar-refractivity contribution in [2.24, 2.45) is 5.92 Å². The van der Waals surface area contributed by atoms with Crippen molar-refractivity contribution < 1.29 is 19.1 Å². The summed E-state index contributed by atoms with van der Waals surface area (Å²) in [7, 11) is 0. The van der Waals surface area contributed by atoms with Gasteiger partial charge in [0.25, 0.3) is 5.91 Å². The van der Waals surface area contributed by atoms with Gasteiger partial charge in [0.15, 0.2) is 5.76 Å². The molecule has 0 saturated heterocycles. The van der Waals surface area contributed by atoms with Crippen molar-refractivity contribution in [3.8, 4) is 0 Å². The molecule has 5 nitrogen and oxygen atoms in total. The number of nitrogens with one attached hydrogen (secondary N) is 1. The molecule has 100 valence electrons. The third-order valence-electron chi connectivity index (χ3n) is 2.78. The molecule has 2 N–H and O–H groups in total. The maximum atomic E-state index is 11.9. The number of carbonyl (C=O) groups is 2. The van der Waals surface area contributed by atoms with Crippen molar-refractivity contribution in [3.63, 3.8) is 0 Å². The zero-order valence-electron chi connectivity index (χ0n) is 10.6. The lowest BCUT2D eigenvalue weighted by molar-refractivity contribution is -0.137. The van der Waals surface area contributed by atoms with E-state index in [2.05, 4.69) is 5.32 Å². The van der Waals surface area contributed by atoms with Gasteiger partial charge in [0, 0.05) is 18.4 Å². The Hall–Kier alpha value is -2.30. The van der Waals surface area contributed by atoms with Gasteiger partial charge in [0.1, 0.15) is 5.58 Å². The summed E-state index contributed by atoms with van der Waals surface area (Å²) in [6.07, 6.45) is 0.0282. The standard InChI is InChI=1S/C14H15NO4/c1-9(6-13(16)17)8-15-14(18)12-7-10-4-2-3-5-11(10)19-12/h2-5,7,9H,6,8H2,1H3,(H,15,18)(H,16,17). The maximum absolute atomic E-state index is 11.9. The number of benzene rings is 1. The SMILES string of the molecule is CC(CNC(=O)c1cc2ccccc2o1)CC(=O)O. The normalized spacial score (nSPS) is 12.3.